The van der Waals surface area contributed by atoms with Gasteiger partial charge < -0.3 is 0 Å². The van der Waals surface area contributed by atoms with Crippen molar-refractivity contribution >= 4 is 34.1 Å². The Morgan fingerprint density at radius 3 is 1.44 bits per heavy atom. The van der Waals surface area contributed by atoms with Gasteiger partial charge in [0, 0.05) is 0 Å². The van der Waals surface area contributed by atoms with Gasteiger partial charge in [-0.3, -0.25) is 0 Å². The van der Waals surface area contributed by atoms with Crippen molar-refractivity contribution in [1.29, 1.82) is 0 Å². The Morgan fingerprint density at radius 1 is 0.588 bits per heavy atom. The number of hydrogen-bond donors (Lipinski definition) is 0. The fourth-order valence-corrected chi connectivity index (χ4v) is 78.8. The summed E-state index contributed by atoms with van der Waals surface area (Å²) in [5.41, 5.74) is 11.0. The van der Waals surface area contributed by atoms with Crippen LogP contribution in [0.5, 0.6) is 0 Å². The molecule has 0 amide bonds. The van der Waals surface area contributed by atoms with Gasteiger partial charge >= 0.3 is 215 Å². The van der Waals surface area contributed by atoms with Crippen LogP contribution in [0.1, 0.15) is 36.1 Å². The van der Waals surface area contributed by atoms with Gasteiger partial charge in [0.25, 0.3) is 0 Å². The van der Waals surface area contributed by atoms with Crippen LogP contribution in [0.4, 0.5) is 0 Å². The third kappa shape index (κ3) is 3.20. The molecule has 0 fully saturated rings. The van der Waals surface area contributed by atoms with E-state index >= 15 is 0 Å². The van der Waals surface area contributed by atoms with E-state index in [2.05, 4.69) is 98.8 Å². The van der Waals surface area contributed by atoms with E-state index in [0.29, 0.717) is 0 Å². The Hall–Kier alpha value is -1.11. The van der Waals surface area contributed by atoms with E-state index in [9.17, 15) is 0 Å². The van der Waals surface area contributed by atoms with Gasteiger partial charge in [-0.15, -0.1) is 0 Å². The van der Waals surface area contributed by atoms with Gasteiger partial charge in [0.05, 0.1) is 0 Å². The van der Waals surface area contributed by atoms with E-state index in [1.807, 2.05) is 0 Å². The van der Waals surface area contributed by atoms with Crippen LogP contribution in [0, 0.1) is 0 Å². The molecule has 0 atom stereocenters. The van der Waals surface area contributed by atoms with Crippen LogP contribution >= 0.6 is 17.0 Å². The fourth-order valence-electron chi connectivity index (χ4n) is 6.76. The number of hydrogen-bond acceptors (Lipinski definition) is 0. The molecule has 0 aliphatic heterocycles. The van der Waals surface area contributed by atoms with Crippen LogP contribution in [-0.4, -0.2) is 10.6 Å². The predicted molar refractivity (Wildman–Crippen MR) is 148 cm³/mol. The number of rotatable bonds is 5. The first-order chi connectivity index (χ1) is 16.5. The second-order valence-corrected chi connectivity index (χ2v) is 68.5. The van der Waals surface area contributed by atoms with Crippen LogP contribution in [0.25, 0.3) is 22.3 Å². The zero-order valence-corrected chi connectivity index (χ0v) is 26.1. The second kappa shape index (κ2) is 8.48. The molecule has 171 valence electrons. The van der Waals surface area contributed by atoms with Crippen molar-refractivity contribution in [3.05, 3.63) is 107 Å². The number of halogens is 2. The summed E-state index contributed by atoms with van der Waals surface area (Å²) >= 11 is -4.63. The van der Waals surface area contributed by atoms with E-state index in [-0.39, 0.29) is 0 Å². The first-order valence-corrected chi connectivity index (χ1v) is 33.3. The first kappa shape index (κ1) is 23.3. The molecule has 0 bridgehead atoms. The summed E-state index contributed by atoms with van der Waals surface area (Å²) in [4.78, 5) is 0. The van der Waals surface area contributed by atoms with Crippen molar-refractivity contribution in [3.63, 3.8) is 0 Å². The van der Waals surface area contributed by atoms with Crippen LogP contribution in [-0.2, 0) is 26.7 Å². The van der Waals surface area contributed by atoms with Crippen molar-refractivity contribution < 1.29 is 13.9 Å². The summed E-state index contributed by atoms with van der Waals surface area (Å²) in [6.45, 7) is 4.70. The SMILES string of the molecule is C[CH2][GeH]([CH2]C)[Zr]([Cl])([Cl])([c]1cccc2c1Cc1ccccc1-2)[c]1cccc2c1Cc1ccccc1-2. The topological polar surface area (TPSA) is 0 Å². The molecule has 0 spiro atoms. The third-order valence-electron chi connectivity index (χ3n) is 8.39. The Labute approximate surface area is 212 Å². The summed E-state index contributed by atoms with van der Waals surface area (Å²) < 4.78 is 2.69. The molecule has 2 aliphatic rings. The van der Waals surface area contributed by atoms with Gasteiger partial charge in [-0.2, -0.15) is 0 Å². The molecule has 6 rings (SSSR count). The summed E-state index contributed by atoms with van der Waals surface area (Å²) in [5, 5.41) is 2.35. The molecule has 4 aromatic carbocycles. The van der Waals surface area contributed by atoms with Crippen LogP contribution < -0.4 is 6.54 Å². The Kier molecular flexibility index (Phi) is 5.81. The standard InChI is InChI=1S/2C13H9.C4H11Ge.2ClH.Zr/c2*1-3-7-12-10(5-1)9-11-6-2-4-8-13(11)12;1-3-5-4-2;;;/h2*1-5,7-8H,9H2;5H,3-4H2,1-2H3;2*1H;/q;;;;;+2/p-2. The van der Waals surface area contributed by atoms with Gasteiger partial charge in [-0.1, -0.05) is 0 Å². The van der Waals surface area contributed by atoms with Crippen LogP contribution in [0.15, 0.2) is 84.9 Å². The normalized spacial score (nSPS) is 14.8. The minimum atomic E-state index is -4.63. The molecule has 0 saturated heterocycles. The summed E-state index contributed by atoms with van der Waals surface area (Å²) in [5.74, 6) is 0. The molecule has 0 N–H and O–H groups in total. The fraction of sp³-hybridized carbons (Fsp3) is 0.200. The average molecular weight is 624 g/mol. The summed E-state index contributed by atoms with van der Waals surface area (Å²) in [7, 11) is 14.5. The maximum atomic E-state index is 8.32. The molecule has 4 heteroatoms. The Balaban J connectivity index is 1.65. The van der Waals surface area contributed by atoms with Crippen molar-refractivity contribution in [2.24, 2.45) is 0 Å². The van der Waals surface area contributed by atoms with Crippen molar-refractivity contribution in [3.8, 4) is 22.3 Å². The van der Waals surface area contributed by atoms with E-state index < -0.39 is 24.4 Å². The molecule has 0 heterocycles. The minimum absolute atomic E-state index is 0.947. The first-order valence-electron chi connectivity index (χ1n) is 12.5. The predicted octanol–water partition coefficient (Wildman–Crippen LogP) is 7.54. The van der Waals surface area contributed by atoms with Crippen molar-refractivity contribution in [2.45, 2.75) is 37.2 Å². The van der Waals surface area contributed by atoms with E-state index in [0.717, 1.165) is 12.8 Å². The van der Waals surface area contributed by atoms with E-state index in [1.54, 1.807) is 0 Å². The molecule has 0 aromatic heterocycles. The van der Waals surface area contributed by atoms with Crippen LogP contribution in [0.2, 0.25) is 10.5 Å². The van der Waals surface area contributed by atoms with Crippen LogP contribution in [0.3, 0.4) is 0 Å². The Morgan fingerprint density at radius 2 is 1.00 bits per heavy atom. The van der Waals surface area contributed by atoms with Gasteiger partial charge in [0.15, 0.2) is 0 Å². The van der Waals surface area contributed by atoms with Crippen molar-refractivity contribution in [2.75, 3.05) is 0 Å². The molecule has 0 radical (unpaired) electrons. The maximum absolute atomic E-state index is 8.32. The molecule has 0 unspecified atom stereocenters. The van der Waals surface area contributed by atoms with Gasteiger partial charge in [-0.25, -0.2) is 0 Å². The van der Waals surface area contributed by atoms with Gasteiger partial charge in [-0.05, 0) is 0 Å². The average Bonchev–Trinajstić information content (AvgIpc) is 3.43. The van der Waals surface area contributed by atoms with E-state index in [1.165, 1.54) is 61.6 Å². The van der Waals surface area contributed by atoms with E-state index in [4.69, 9.17) is 17.0 Å². The zero-order chi connectivity index (χ0) is 23.5. The van der Waals surface area contributed by atoms with Gasteiger partial charge in [0.1, 0.15) is 0 Å². The molecule has 34 heavy (non-hydrogen) atoms. The van der Waals surface area contributed by atoms with Gasteiger partial charge in [0.2, 0.25) is 0 Å². The molecule has 0 saturated carbocycles. The Bertz CT molecular complexity index is 1340. The quantitative estimate of drug-likeness (QED) is 0.174. The number of benzene rings is 4. The molecule has 2 aliphatic carbocycles. The summed E-state index contributed by atoms with van der Waals surface area (Å²) in [6.07, 6.45) is 1.89. The number of fused-ring (bicyclic) bond motifs is 6. The monoisotopic (exact) mass is 623 g/mol. The molecule has 0 nitrogen and oxygen atoms in total. The second-order valence-electron chi connectivity index (χ2n) is 9.93. The molecule has 4 aromatic rings. The third-order valence-corrected chi connectivity index (χ3v) is 82.9. The molecular weight excluding hydrogens is 595 g/mol. The molecular formula is C30H29Cl2GeZr. The van der Waals surface area contributed by atoms with Crippen molar-refractivity contribution in [1.82, 2.24) is 0 Å². The summed E-state index contributed by atoms with van der Waals surface area (Å²) in [6, 6.07) is 31.3. The zero-order valence-electron chi connectivity index (χ0n) is 19.7.